The van der Waals surface area contributed by atoms with E-state index in [0.29, 0.717) is 47.8 Å². The van der Waals surface area contributed by atoms with E-state index in [0.717, 1.165) is 17.3 Å². The number of halogens is 3. The van der Waals surface area contributed by atoms with Crippen molar-refractivity contribution in [2.75, 3.05) is 38.7 Å². The topological polar surface area (TPSA) is 84.3 Å². The molecule has 1 aliphatic heterocycles. The lowest BCUT2D eigenvalue weighted by atomic mass is 9.94. The van der Waals surface area contributed by atoms with Crippen molar-refractivity contribution in [1.29, 1.82) is 0 Å². The molecule has 202 valence electrons. The van der Waals surface area contributed by atoms with E-state index >= 15 is 0 Å². The van der Waals surface area contributed by atoms with E-state index < -0.39 is 17.7 Å². The highest BCUT2D eigenvalue weighted by atomic mass is 79.9. The summed E-state index contributed by atoms with van der Waals surface area (Å²) in [4.78, 5) is 19.7. The highest BCUT2D eigenvalue weighted by molar-refractivity contribution is 9.10. The summed E-state index contributed by atoms with van der Waals surface area (Å²) in [5.41, 5.74) is 2.78. The summed E-state index contributed by atoms with van der Waals surface area (Å²) in [6, 6.07) is 16.2. The smallest absolute Gasteiger partial charge is 0.320 e. The lowest BCUT2D eigenvalue weighted by Crippen LogP contribution is -2.42. The Labute approximate surface area is 233 Å². The number of anilines is 1. The standard InChI is InChI=1S/C28H27BrF2N6O2/c1-39-13-12-36-16-21(18-9-10-22(30)23(31)14-18)24(17-36)33-28(38)34-27-25(29)26(19-6-5-11-32-15-19)35-37(27)20-7-3-2-4-8-20/h2-11,14-15,21,24H,12-13,16-17H2,1H3,(H2,33,34,38). The molecule has 2 amide bonds. The number of carbonyl (C=O) groups excluding carboxylic acids is 1. The van der Waals surface area contributed by atoms with Crippen LogP contribution in [0.1, 0.15) is 11.5 Å². The lowest BCUT2D eigenvalue weighted by Gasteiger charge is -2.21. The minimum Gasteiger partial charge on any atom is -0.383 e. The summed E-state index contributed by atoms with van der Waals surface area (Å²) in [6.45, 7) is 2.26. The predicted octanol–water partition coefficient (Wildman–Crippen LogP) is 5.21. The third-order valence-electron chi connectivity index (χ3n) is 6.69. The second kappa shape index (κ2) is 12.0. The van der Waals surface area contributed by atoms with Gasteiger partial charge in [0.15, 0.2) is 17.5 Å². The number of hydrogen-bond donors (Lipinski definition) is 2. The molecule has 1 fully saturated rings. The first-order valence-electron chi connectivity index (χ1n) is 12.4. The molecule has 8 nitrogen and oxygen atoms in total. The van der Waals surface area contributed by atoms with E-state index in [2.05, 4.69) is 36.4 Å². The molecule has 2 N–H and O–H groups in total. The Morgan fingerprint density at radius 2 is 1.92 bits per heavy atom. The summed E-state index contributed by atoms with van der Waals surface area (Å²) in [5.74, 6) is -1.62. The second-order valence-corrected chi connectivity index (χ2v) is 10.0. The average Bonchev–Trinajstić information content (AvgIpc) is 3.50. The minimum absolute atomic E-state index is 0.240. The molecule has 11 heteroatoms. The summed E-state index contributed by atoms with van der Waals surface area (Å²) in [5, 5.41) is 10.7. The van der Waals surface area contributed by atoms with Gasteiger partial charge in [0.1, 0.15) is 5.69 Å². The maximum absolute atomic E-state index is 14.1. The van der Waals surface area contributed by atoms with Crippen LogP contribution in [-0.4, -0.2) is 65.1 Å². The number of nitrogens with one attached hydrogen (secondary N) is 2. The minimum atomic E-state index is -0.912. The van der Waals surface area contributed by atoms with Crippen LogP contribution in [0.15, 0.2) is 77.5 Å². The maximum Gasteiger partial charge on any atom is 0.320 e. The van der Waals surface area contributed by atoms with Gasteiger partial charge in [-0.25, -0.2) is 18.3 Å². The molecular formula is C28H27BrF2N6O2. The Hall–Kier alpha value is -3.67. The van der Waals surface area contributed by atoms with E-state index in [1.807, 2.05) is 42.5 Å². The van der Waals surface area contributed by atoms with Gasteiger partial charge in [-0.2, -0.15) is 5.10 Å². The number of aromatic nitrogens is 3. The second-order valence-electron chi connectivity index (χ2n) is 9.24. The van der Waals surface area contributed by atoms with Crippen LogP contribution in [0.4, 0.5) is 19.4 Å². The van der Waals surface area contributed by atoms with E-state index in [1.54, 1.807) is 30.3 Å². The van der Waals surface area contributed by atoms with Crippen LogP contribution in [0.25, 0.3) is 16.9 Å². The summed E-state index contributed by atoms with van der Waals surface area (Å²) in [7, 11) is 1.62. The fraction of sp³-hybridized carbons (Fsp3) is 0.250. The first-order valence-corrected chi connectivity index (χ1v) is 13.2. The number of para-hydroxylation sites is 1. The molecule has 2 aromatic carbocycles. The molecule has 2 atom stereocenters. The molecule has 0 radical (unpaired) electrons. The van der Waals surface area contributed by atoms with Gasteiger partial charge in [0, 0.05) is 50.6 Å². The Kier molecular flexibility index (Phi) is 8.30. The van der Waals surface area contributed by atoms with Gasteiger partial charge in [-0.3, -0.25) is 15.2 Å². The Balaban J connectivity index is 1.42. The molecule has 0 spiro atoms. The van der Waals surface area contributed by atoms with Gasteiger partial charge in [0.2, 0.25) is 0 Å². The number of methoxy groups -OCH3 is 1. The molecule has 1 saturated heterocycles. The van der Waals surface area contributed by atoms with Gasteiger partial charge < -0.3 is 10.1 Å². The van der Waals surface area contributed by atoms with Crippen LogP contribution >= 0.6 is 15.9 Å². The van der Waals surface area contributed by atoms with E-state index in [9.17, 15) is 13.6 Å². The molecule has 0 bridgehead atoms. The molecule has 0 aliphatic carbocycles. The number of pyridine rings is 1. The molecule has 39 heavy (non-hydrogen) atoms. The summed E-state index contributed by atoms with van der Waals surface area (Å²) >= 11 is 3.63. The number of hydrogen-bond acceptors (Lipinski definition) is 5. The monoisotopic (exact) mass is 596 g/mol. The molecule has 0 saturated carbocycles. The van der Waals surface area contributed by atoms with Crippen molar-refractivity contribution in [2.24, 2.45) is 0 Å². The Morgan fingerprint density at radius 1 is 1.10 bits per heavy atom. The van der Waals surface area contributed by atoms with E-state index in [1.165, 1.54) is 6.07 Å². The number of carbonyl (C=O) groups is 1. The number of nitrogens with zero attached hydrogens (tertiary/aromatic N) is 4. The fourth-order valence-electron chi connectivity index (χ4n) is 4.78. The van der Waals surface area contributed by atoms with Crippen LogP contribution in [0, 0.1) is 11.6 Å². The van der Waals surface area contributed by atoms with E-state index in [4.69, 9.17) is 9.84 Å². The largest absolute Gasteiger partial charge is 0.383 e. The lowest BCUT2D eigenvalue weighted by molar-refractivity contribution is 0.159. The molecule has 2 aromatic heterocycles. The van der Waals surface area contributed by atoms with Crippen molar-refractivity contribution in [3.63, 3.8) is 0 Å². The summed E-state index contributed by atoms with van der Waals surface area (Å²) in [6.07, 6.45) is 3.38. The number of benzene rings is 2. The first kappa shape index (κ1) is 26.9. The highest BCUT2D eigenvalue weighted by Crippen LogP contribution is 2.35. The molecule has 2 unspecified atom stereocenters. The van der Waals surface area contributed by atoms with Gasteiger partial charge in [0.25, 0.3) is 0 Å². The van der Waals surface area contributed by atoms with Gasteiger partial charge in [-0.05, 0) is 57.9 Å². The highest BCUT2D eigenvalue weighted by Gasteiger charge is 2.35. The van der Waals surface area contributed by atoms with Crippen LogP contribution < -0.4 is 10.6 Å². The van der Waals surface area contributed by atoms with Crippen molar-refractivity contribution < 1.29 is 18.3 Å². The van der Waals surface area contributed by atoms with Crippen LogP contribution in [0.2, 0.25) is 0 Å². The third kappa shape index (κ3) is 6.00. The Bertz CT molecular complexity index is 1440. The molecule has 3 heterocycles. The maximum atomic E-state index is 14.1. The number of amides is 2. The SMILES string of the molecule is COCCN1CC(NC(=O)Nc2c(Br)c(-c3cccnc3)nn2-c2ccccc2)C(c2ccc(F)c(F)c2)C1. The van der Waals surface area contributed by atoms with Crippen LogP contribution in [0.3, 0.4) is 0 Å². The van der Waals surface area contributed by atoms with Crippen molar-refractivity contribution in [3.05, 3.63) is 94.7 Å². The van der Waals surface area contributed by atoms with Crippen LogP contribution in [0.5, 0.6) is 0 Å². The number of ether oxygens (including phenoxy) is 1. The van der Waals surface area contributed by atoms with Crippen molar-refractivity contribution in [2.45, 2.75) is 12.0 Å². The molecule has 4 aromatic rings. The zero-order valence-electron chi connectivity index (χ0n) is 21.2. The molecular weight excluding hydrogens is 570 g/mol. The van der Waals surface area contributed by atoms with Gasteiger partial charge >= 0.3 is 6.03 Å². The molecule has 5 rings (SSSR count). The van der Waals surface area contributed by atoms with E-state index in [-0.39, 0.29) is 12.0 Å². The average molecular weight is 597 g/mol. The number of rotatable bonds is 8. The Morgan fingerprint density at radius 3 is 2.64 bits per heavy atom. The van der Waals surface area contributed by atoms with Gasteiger partial charge in [-0.15, -0.1) is 0 Å². The first-order chi connectivity index (χ1) is 18.9. The quantitative estimate of drug-likeness (QED) is 0.292. The third-order valence-corrected chi connectivity index (χ3v) is 7.44. The zero-order valence-corrected chi connectivity index (χ0v) is 22.7. The zero-order chi connectivity index (χ0) is 27.4. The van der Waals surface area contributed by atoms with Crippen molar-refractivity contribution in [1.82, 2.24) is 25.0 Å². The number of likely N-dealkylation sites (tertiary alicyclic amines) is 1. The normalized spacial score (nSPS) is 17.3. The van der Waals surface area contributed by atoms with Crippen LogP contribution in [-0.2, 0) is 4.74 Å². The van der Waals surface area contributed by atoms with Gasteiger partial charge in [-0.1, -0.05) is 24.3 Å². The molecule has 1 aliphatic rings. The number of urea groups is 1. The summed E-state index contributed by atoms with van der Waals surface area (Å²) < 4.78 is 35.2. The predicted molar refractivity (Wildman–Crippen MR) is 148 cm³/mol. The van der Waals surface area contributed by atoms with Crippen molar-refractivity contribution in [3.8, 4) is 16.9 Å². The van der Waals surface area contributed by atoms with Gasteiger partial charge in [0.05, 0.1) is 22.8 Å². The fourth-order valence-corrected chi connectivity index (χ4v) is 5.35. The van der Waals surface area contributed by atoms with Crippen molar-refractivity contribution >= 4 is 27.8 Å².